The highest BCUT2D eigenvalue weighted by atomic mass is 79.9. The lowest BCUT2D eigenvalue weighted by molar-refractivity contribution is -0.120. The summed E-state index contributed by atoms with van der Waals surface area (Å²) >= 11 is 3.43. The van der Waals surface area contributed by atoms with Crippen molar-refractivity contribution in [3.8, 4) is 5.75 Å². The summed E-state index contributed by atoms with van der Waals surface area (Å²) in [5, 5.41) is 11.9. The molecule has 0 heterocycles. The Balaban J connectivity index is 2.58. The van der Waals surface area contributed by atoms with Crippen LogP contribution in [0.25, 0.3) is 0 Å². The van der Waals surface area contributed by atoms with Gasteiger partial charge in [-0.05, 0) is 35.6 Å². The predicted octanol–water partition coefficient (Wildman–Crippen LogP) is 2.53. The Kier molecular flexibility index (Phi) is 6.49. The van der Waals surface area contributed by atoms with Gasteiger partial charge in [0.25, 0.3) is 0 Å². The number of benzene rings is 1. The van der Waals surface area contributed by atoms with Crippen molar-refractivity contribution in [3.05, 3.63) is 28.2 Å². The van der Waals surface area contributed by atoms with Gasteiger partial charge in [0.15, 0.2) is 0 Å². The van der Waals surface area contributed by atoms with Crippen molar-refractivity contribution in [1.82, 2.24) is 5.32 Å². The second kappa shape index (κ2) is 7.64. The lowest BCUT2D eigenvalue weighted by Gasteiger charge is -2.23. The Bertz CT molecular complexity index is 460. The molecule has 1 aromatic carbocycles. The quantitative estimate of drug-likeness (QED) is 0.799. The van der Waals surface area contributed by atoms with Crippen molar-refractivity contribution < 1.29 is 14.6 Å². The van der Waals surface area contributed by atoms with E-state index in [0.717, 1.165) is 15.8 Å². The van der Waals surface area contributed by atoms with Gasteiger partial charge in [0.05, 0.1) is 13.5 Å². The lowest BCUT2D eigenvalue weighted by atomic mass is 9.89. The molecule has 0 fully saturated rings. The van der Waals surface area contributed by atoms with E-state index in [0.29, 0.717) is 19.4 Å². The Hall–Kier alpha value is -1.07. The van der Waals surface area contributed by atoms with Gasteiger partial charge in [-0.25, -0.2) is 0 Å². The van der Waals surface area contributed by atoms with Crippen LogP contribution in [0.2, 0.25) is 0 Å². The number of nitrogens with one attached hydrogen (secondary N) is 1. The fourth-order valence-corrected chi connectivity index (χ4v) is 2.16. The van der Waals surface area contributed by atoms with Gasteiger partial charge in [-0.3, -0.25) is 4.79 Å². The van der Waals surface area contributed by atoms with E-state index in [2.05, 4.69) is 21.2 Å². The number of ether oxygens (including phenoxy) is 1. The van der Waals surface area contributed by atoms with Crippen molar-refractivity contribution in [2.75, 3.05) is 20.3 Å². The standard InChI is InChI=1S/C15H22BrNO3/c1-15(2,6-7-18)10-17-14(19)9-11-8-12(20-3)4-5-13(11)16/h4-5,8,18H,6-7,9-10H2,1-3H3,(H,17,19). The first kappa shape index (κ1) is 17.0. The van der Waals surface area contributed by atoms with Crippen LogP contribution in [0, 0.1) is 5.41 Å². The number of rotatable bonds is 7. The van der Waals surface area contributed by atoms with Crippen LogP contribution in [-0.4, -0.2) is 31.3 Å². The average molecular weight is 344 g/mol. The molecule has 0 bridgehead atoms. The van der Waals surface area contributed by atoms with Crippen molar-refractivity contribution in [2.24, 2.45) is 5.41 Å². The second-order valence-electron chi connectivity index (χ2n) is 5.55. The van der Waals surface area contributed by atoms with Gasteiger partial charge in [-0.2, -0.15) is 0 Å². The Labute approximate surface area is 128 Å². The molecule has 2 N–H and O–H groups in total. The molecule has 0 atom stereocenters. The minimum absolute atomic E-state index is 0.0371. The average Bonchev–Trinajstić information content (AvgIpc) is 2.39. The summed E-state index contributed by atoms with van der Waals surface area (Å²) in [6, 6.07) is 5.57. The van der Waals surface area contributed by atoms with E-state index >= 15 is 0 Å². The largest absolute Gasteiger partial charge is 0.497 e. The number of hydrogen-bond acceptors (Lipinski definition) is 3. The molecule has 0 aliphatic carbocycles. The lowest BCUT2D eigenvalue weighted by Crippen LogP contribution is -2.35. The summed E-state index contributed by atoms with van der Waals surface area (Å²) in [5.74, 6) is 0.696. The highest BCUT2D eigenvalue weighted by Crippen LogP contribution is 2.23. The van der Waals surface area contributed by atoms with Gasteiger partial charge >= 0.3 is 0 Å². The summed E-state index contributed by atoms with van der Waals surface area (Å²) in [6.07, 6.45) is 0.961. The molecule has 0 saturated heterocycles. The van der Waals surface area contributed by atoms with Crippen molar-refractivity contribution in [3.63, 3.8) is 0 Å². The van der Waals surface area contributed by atoms with Crippen LogP contribution >= 0.6 is 15.9 Å². The maximum absolute atomic E-state index is 12.0. The topological polar surface area (TPSA) is 58.6 Å². The molecule has 0 aliphatic rings. The summed E-state index contributed by atoms with van der Waals surface area (Å²) in [5.41, 5.74) is 0.789. The molecule has 0 spiro atoms. The Morgan fingerprint density at radius 2 is 2.15 bits per heavy atom. The van der Waals surface area contributed by atoms with E-state index in [9.17, 15) is 4.79 Å². The minimum atomic E-state index is -0.101. The fourth-order valence-electron chi connectivity index (χ4n) is 1.78. The summed E-state index contributed by atoms with van der Waals surface area (Å²) in [6.45, 7) is 4.72. The summed E-state index contributed by atoms with van der Waals surface area (Å²) in [4.78, 5) is 12.0. The molecule has 0 radical (unpaired) electrons. The molecule has 0 aromatic heterocycles. The van der Waals surface area contributed by atoms with Gasteiger partial charge in [0.2, 0.25) is 5.91 Å². The van der Waals surface area contributed by atoms with Crippen LogP contribution in [0.3, 0.4) is 0 Å². The number of methoxy groups -OCH3 is 1. The maximum Gasteiger partial charge on any atom is 0.224 e. The zero-order valence-electron chi connectivity index (χ0n) is 12.2. The molecule has 20 heavy (non-hydrogen) atoms. The molecule has 112 valence electrons. The molecular weight excluding hydrogens is 322 g/mol. The molecule has 1 amide bonds. The van der Waals surface area contributed by atoms with Gasteiger partial charge in [0, 0.05) is 17.6 Å². The van der Waals surface area contributed by atoms with E-state index in [1.54, 1.807) is 7.11 Å². The van der Waals surface area contributed by atoms with Crippen LogP contribution in [-0.2, 0) is 11.2 Å². The Morgan fingerprint density at radius 3 is 2.75 bits per heavy atom. The third kappa shape index (κ3) is 5.51. The highest BCUT2D eigenvalue weighted by molar-refractivity contribution is 9.10. The zero-order chi connectivity index (χ0) is 15.2. The number of hydrogen-bond donors (Lipinski definition) is 2. The minimum Gasteiger partial charge on any atom is -0.497 e. The maximum atomic E-state index is 12.0. The van der Waals surface area contributed by atoms with E-state index in [4.69, 9.17) is 9.84 Å². The number of carbonyl (C=O) groups is 1. The molecule has 1 rings (SSSR count). The van der Waals surface area contributed by atoms with Crippen molar-refractivity contribution >= 4 is 21.8 Å². The molecule has 0 aliphatic heterocycles. The van der Waals surface area contributed by atoms with Gasteiger partial charge in [0.1, 0.15) is 5.75 Å². The highest BCUT2D eigenvalue weighted by Gasteiger charge is 2.18. The van der Waals surface area contributed by atoms with Crippen LogP contribution in [0.1, 0.15) is 25.8 Å². The van der Waals surface area contributed by atoms with Crippen LogP contribution in [0.4, 0.5) is 0 Å². The fraction of sp³-hybridized carbons (Fsp3) is 0.533. The first-order valence-corrected chi connectivity index (χ1v) is 7.37. The van der Waals surface area contributed by atoms with E-state index in [1.165, 1.54) is 0 Å². The normalized spacial score (nSPS) is 11.2. The van der Waals surface area contributed by atoms with Crippen molar-refractivity contribution in [1.29, 1.82) is 0 Å². The smallest absolute Gasteiger partial charge is 0.224 e. The first-order valence-electron chi connectivity index (χ1n) is 6.58. The van der Waals surface area contributed by atoms with Crippen LogP contribution < -0.4 is 10.1 Å². The molecule has 0 unspecified atom stereocenters. The van der Waals surface area contributed by atoms with Crippen LogP contribution in [0.15, 0.2) is 22.7 Å². The molecule has 4 nitrogen and oxygen atoms in total. The number of aliphatic hydroxyl groups excluding tert-OH is 1. The van der Waals surface area contributed by atoms with E-state index < -0.39 is 0 Å². The van der Waals surface area contributed by atoms with Gasteiger partial charge < -0.3 is 15.2 Å². The predicted molar refractivity (Wildman–Crippen MR) is 82.9 cm³/mol. The summed E-state index contributed by atoms with van der Waals surface area (Å²) < 4.78 is 6.05. The van der Waals surface area contributed by atoms with Crippen molar-refractivity contribution in [2.45, 2.75) is 26.7 Å². The Morgan fingerprint density at radius 1 is 1.45 bits per heavy atom. The SMILES string of the molecule is COc1ccc(Br)c(CC(=O)NCC(C)(C)CCO)c1. The third-order valence-corrected chi connectivity index (χ3v) is 3.93. The number of carbonyl (C=O) groups excluding carboxylic acids is 1. The zero-order valence-corrected chi connectivity index (χ0v) is 13.8. The van der Waals surface area contributed by atoms with Crippen LogP contribution in [0.5, 0.6) is 5.75 Å². The number of amides is 1. The summed E-state index contributed by atoms with van der Waals surface area (Å²) in [7, 11) is 1.60. The number of halogens is 1. The molecule has 0 saturated carbocycles. The van der Waals surface area contributed by atoms with E-state index in [1.807, 2.05) is 32.0 Å². The second-order valence-corrected chi connectivity index (χ2v) is 6.40. The third-order valence-electron chi connectivity index (χ3n) is 3.16. The van der Waals surface area contributed by atoms with Gasteiger partial charge in [-0.15, -0.1) is 0 Å². The first-order chi connectivity index (χ1) is 9.38. The molecule has 1 aromatic rings. The van der Waals surface area contributed by atoms with Gasteiger partial charge in [-0.1, -0.05) is 29.8 Å². The molecular formula is C15H22BrNO3. The van der Waals surface area contributed by atoms with E-state index in [-0.39, 0.29) is 17.9 Å². The number of aliphatic hydroxyl groups is 1. The molecule has 5 heteroatoms. The monoisotopic (exact) mass is 343 g/mol.